The molecule has 1 aromatic carbocycles. The molecule has 0 fully saturated rings. The number of halogens is 1. The molecule has 1 aromatic rings. The Labute approximate surface area is 87.0 Å². The minimum Gasteiger partial charge on any atom is -0.263 e. The minimum absolute atomic E-state index is 0.602. The predicted molar refractivity (Wildman–Crippen MR) is 56.1 cm³/mol. The summed E-state index contributed by atoms with van der Waals surface area (Å²) in [6.45, 7) is 1.95. The highest BCUT2D eigenvalue weighted by molar-refractivity contribution is 5.86. The SMILES string of the molecule is Cc1ccccc1NN1N=C(F)C=[C]N1. The third kappa shape index (κ3) is 2.25. The van der Waals surface area contributed by atoms with Crippen LogP contribution in [-0.4, -0.2) is 11.2 Å². The molecule has 0 saturated heterocycles. The summed E-state index contributed by atoms with van der Waals surface area (Å²) in [4.78, 5) is 0. The lowest BCUT2D eigenvalue weighted by Gasteiger charge is -2.22. The Morgan fingerprint density at radius 3 is 3.00 bits per heavy atom. The molecular weight excluding hydrogens is 195 g/mol. The zero-order valence-electron chi connectivity index (χ0n) is 8.16. The molecule has 0 spiro atoms. The predicted octanol–water partition coefficient (Wildman–Crippen LogP) is 1.74. The van der Waals surface area contributed by atoms with Crippen LogP contribution in [0.3, 0.4) is 0 Å². The highest BCUT2D eigenvalue weighted by Gasteiger charge is 2.06. The Kier molecular flexibility index (Phi) is 2.53. The lowest BCUT2D eigenvalue weighted by Crippen LogP contribution is -2.37. The van der Waals surface area contributed by atoms with Gasteiger partial charge in [-0.05, 0) is 18.6 Å². The van der Waals surface area contributed by atoms with Gasteiger partial charge in [-0.1, -0.05) is 18.2 Å². The first kappa shape index (κ1) is 9.51. The molecule has 4 nitrogen and oxygen atoms in total. The van der Waals surface area contributed by atoms with Crippen LogP contribution < -0.4 is 10.9 Å². The Morgan fingerprint density at radius 2 is 2.27 bits per heavy atom. The first-order chi connectivity index (χ1) is 7.25. The second kappa shape index (κ2) is 4.00. The minimum atomic E-state index is -0.602. The van der Waals surface area contributed by atoms with Gasteiger partial charge in [0.2, 0.25) is 5.97 Å². The molecule has 2 rings (SSSR count). The lowest BCUT2D eigenvalue weighted by atomic mass is 10.2. The van der Waals surface area contributed by atoms with Gasteiger partial charge in [-0.25, -0.2) is 0 Å². The van der Waals surface area contributed by atoms with Gasteiger partial charge in [0.05, 0.1) is 11.9 Å². The van der Waals surface area contributed by atoms with E-state index in [0.29, 0.717) is 0 Å². The third-order valence-electron chi connectivity index (χ3n) is 1.93. The first-order valence-corrected chi connectivity index (χ1v) is 4.46. The van der Waals surface area contributed by atoms with E-state index in [1.165, 1.54) is 0 Å². The number of rotatable bonds is 2. The van der Waals surface area contributed by atoms with E-state index in [-0.39, 0.29) is 0 Å². The highest BCUT2D eigenvalue weighted by Crippen LogP contribution is 2.14. The fraction of sp³-hybridized carbons (Fsp3) is 0.100. The standard InChI is InChI=1S/C10H10FN4/c1-8-4-2-3-5-9(8)13-15-12-7-6-10(11)14-15/h2-6,12-13H,1H3. The number of nitrogens with zero attached hydrogens (tertiary/aromatic N) is 2. The molecule has 0 unspecified atom stereocenters. The van der Waals surface area contributed by atoms with Gasteiger partial charge in [-0.15, -0.1) is 10.3 Å². The molecular formula is C10H10FN4. The Bertz CT molecular complexity index is 414. The fourth-order valence-corrected chi connectivity index (χ4v) is 1.17. The number of hydrogen-bond donors (Lipinski definition) is 2. The van der Waals surface area contributed by atoms with Gasteiger partial charge in [0, 0.05) is 6.08 Å². The smallest absolute Gasteiger partial charge is 0.237 e. The lowest BCUT2D eigenvalue weighted by molar-refractivity contribution is 0.271. The number of benzene rings is 1. The molecule has 1 aliphatic heterocycles. The van der Waals surface area contributed by atoms with Crippen LogP contribution in [0.4, 0.5) is 10.1 Å². The van der Waals surface area contributed by atoms with Crippen LogP contribution in [0.15, 0.2) is 35.4 Å². The number of hydrogen-bond acceptors (Lipinski definition) is 4. The van der Waals surface area contributed by atoms with Crippen molar-refractivity contribution in [1.82, 2.24) is 10.7 Å². The Morgan fingerprint density at radius 1 is 1.47 bits per heavy atom. The van der Waals surface area contributed by atoms with Crippen molar-refractivity contribution < 1.29 is 4.39 Å². The van der Waals surface area contributed by atoms with Gasteiger partial charge in [0.15, 0.2) is 0 Å². The maximum Gasteiger partial charge on any atom is 0.237 e. The normalized spacial score (nSPS) is 14.5. The van der Waals surface area contributed by atoms with E-state index in [0.717, 1.165) is 22.6 Å². The van der Waals surface area contributed by atoms with Crippen LogP contribution in [0.5, 0.6) is 0 Å². The van der Waals surface area contributed by atoms with Gasteiger partial charge >= 0.3 is 0 Å². The van der Waals surface area contributed by atoms with Gasteiger partial charge in [0.25, 0.3) is 0 Å². The molecule has 1 radical (unpaired) electrons. The van der Waals surface area contributed by atoms with Gasteiger partial charge < -0.3 is 0 Å². The molecule has 15 heavy (non-hydrogen) atoms. The van der Waals surface area contributed by atoms with E-state index in [1.807, 2.05) is 31.2 Å². The number of nitrogens with one attached hydrogen (secondary N) is 2. The summed E-state index contributed by atoms with van der Waals surface area (Å²) in [7, 11) is 0. The molecule has 5 heteroatoms. The van der Waals surface area contributed by atoms with E-state index in [1.54, 1.807) is 0 Å². The maximum absolute atomic E-state index is 12.7. The molecule has 77 valence electrons. The van der Waals surface area contributed by atoms with E-state index in [4.69, 9.17) is 0 Å². The van der Waals surface area contributed by atoms with Crippen molar-refractivity contribution in [1.29, 1.82) is 0 Å². The molecule has 0 bridgehead atoms. The van der Waals surface area contributed by atoms with E-state index in [9.17, 15) is 4.39 Å². The monoisotopic (exact) mass is 205 g/mol. The summed E-state index contributed by atoms with van der Waals surface area (Å²) in [5.74, 6) is -0.602. The number of hydrazone groups is 1. The summed E-state index contributed by atoms with van der Waals surface area (Å²) in [6, 6.07) is 7.65. The van der Waals surface area contributed by atoms with Gasteiger partial charge in [-0.2, -0.15) is 4.39 Å². The zero-order chi connectivity index (χ0) is 10.7. The molecule has 2 N–H and O–H groups in total. The van der Waals surface area contributed by atoms with Gasteiger partial charge in [0.1, 0.15) is 0 Å². The largest absolute Gasteiger partial charge is 0.263 e. The van der Waals surface area contributed by atoms with Crippen molar-refractivity contribution in [2.24, 2.45) is 5.10 Å². The molecule has 0 atom stereocenters. The number of hydrazine groups is 2. The fourth-order valence-electron chi connectivity index (χ4n) is 1.17. The van der Waals surface area contributed by atoms with Crippen molar-refractivity contribution in [2.45, 2.75) is 6.92 Å². The summed E-state index contributed by atoms with van der Waals surface area (Å²) >= 11 is 0. The first-order valence-electron chi connectivity index (χ1n) is 4.46. The van der Waals surface area contributed by atoms with Gasteiger partial charge in [-0.3, -0.25) is 10.9 Å². The molecule has 1 heterocycles. The van der Waals surface area contributed by atoms with Crippen molar-refractivity contribution >= 4 is 11.7 Å². The molecule has 1 aliphatic rings. The maximum atomic E-state index is 12.7. The van der Waals surface area contributed by atoms with Crippen LogP contribution in [-0.2, 0) is 0 Å². The zero-order valence-corrected chi connectivity index (χ0v) is 8.16. The topological polar surface area (TPSA) is 39.7 Å². The number of para-hydroxylation sites is 1. The third-order valence-corrected chi connectivity index (χ3v) is 1.93. The van der Waals surface area contributed by atoms with Crippen molar-refractivity contribution in [3.63, 3.8) is 0 Å². The van der Waals surface area contributed by atoms with E-state index >= 15 is 0 Å². The number of allylic oxidation sites excluding steroid dienone is 1. The quantitative estimate of drug-likeness (QED) is 0.772. The summed E-state index contributed by atoms with van der Waals surface area (Å²) in [5.41, 5.74) is 7.40. The van der Waals surface area contributed by atoms with Crippen molar-refractivity contribution in [2.75, 3.05) is 5.43 Å². The number of anilines is 1. The Balaban J connectivity index is 2.10. The van der Waals surface area contributed by atoms with Crippen LogP contribution >= 0.6 is 0 Å². The van der Waals surface area contributed by atoms with Crippen molar-refractivity contribution in [3.8, 4) is 0 Å². The van der Waals surface area contributed by atoms with Crippen LogP contribution in [0.1, 0.15) is 5.56 Å². The molecule has 0 aromatic heterocycles. The van der Waals surface area contributed by atoms with Crippen LogP contribution in [0.2, 0.25) is 0 Å². The molecule has 0 amide bonds. The van der Waals surface area contributed by atoms with E-state index in [2.05, 4.69) is 22.2 Å². The summed E-state index contributed by atoms with van der Waals surface area (Å²) in [5, 5.41) is 4.73. The average molecular weight is 205 g/mol. The van der Waals surface area contributed by atoms with Crippen LogP contribution in [0, 0.1) is 13.1 Å². The summed E-state index contributed by atoms with van der Waals surface area (Å²) < 4.78 is 12.7. The molecule has 0 aliphatic carbocycles. The highest BCUT2D eigenvalue weighted by atomic mass is 19.1. The van der Waals surface area contributed by atoms with Crippen LogP contribution in [0.25, 0.3) is 0 Å². The molecule has 0 saturated carbocycles. The second-order valence-corrected chi connectivity index (χ2v) is 3.06. The van der Waals surface area contributed by atoms with E-state index < -0.39 is 5.97 Å². The number of aryl methyl sites for hydroxylation is 1. The second-order valence-electron chi connectivity index (χ2n) is 3.06. The average Bonchev–Trinajstić information content (AvgIpc) is 2.22. The Hall–Kier alpha value is -2.04. The summed E-state index contributed by atoms with van der Waals surface area (Å²) in [6.07, 6.45) is 3.63. The van der Waals surface area contributed by atoms with Crippen molar-refractivity contribution in [3.05, 3.63) is 42.1 Å².